The Balaban J connectivity index is 1.62. The Kier molecular flexibility index (Phi) is 8.66. The Morgan fingerprint density at radius 3 is 2.58 bits per heavy atom. The summed E-state index contributed by atoms with van der Waals surface area (Å²) in [7, 11) is 1.75. The van der Waals surface area contributed by atoms with E-state index in [4.69, 9.17) is 9.47 Å². The van der Waals surface area contributed by atoms with E-state index in [1.807, 2.05) is 42.6 Å². The number of thiazole rings is 1. The van der Waals surface area contributed by atoms with Crippen LogP contribution in [0.2, 0.25) is 0 Å². The van der Waals surface area contributed by atoms with Crippen LogP contribution < -0.4 is 20.1 Å². The molecule has 0 aliphatic carbocycles. The quantitative estimate of drug-likeness (QED) is 0.356. The first kappa shape index (κ1) is 22.6. The molecular weight excluding hydrogens is 410 g/mol. The molecular formula is C23H29N5O2S. The van der Waals surface area contributed by atoms with Crippen LogP contribution in [-0.2, 0) is 19.5 Å². The van der Waals surface area contributed by atoms with Crippen LogP contribution in [0.15, 0.2) is 53.8 Å². The predicted molar refractivity (Wildman–Crippen MR) is 125 cm³/mol. The van der Waals surface area contributed by atoms with E-state index in [0.717, 1.165) is 23.4 Å². The van der Waals surface area contributed by atoms with E-state index in [9.17, 15) is 0 Å². The van der Waals surface area contributed by atoms with Crippen LogP contribution in [0.3, 0.4) is 0 Å². The average Bonchev–Trinajstić information content (AvgIpc) is 3.27. The minimum absolute atomic E-state index is 0.513. The van der Waals surface area contributed by atoms with Crippen LogP contribution in [0.5, 0.6) is 17.4 Å². The molecule has 1 aromatic carbocycles. The van der Waals surface area contributed by atoms with E-state index in [0.29, 0.717) is 43.0 Å². The minimum Gasteiger partial charge on any atom is -0.490 e. The third-order valence-corrected chi connectivity index (χ3v) is 5.54. The topological polar surface area (TPSA) is 80.7 Å². The van der Waals surface area contributed by atoms with Crippen LogP contribution in [-0.4, -0.2) is 29.6 Å². The number of rotatable bonds is 10. The number of pyridine rings is 1. The molecule has 2 heterocycles. The van der Waals surface area contributed by atoms with Gasteiger partial charge in [-0.15, -0.1) is 11.3 Å². The molecule has 0 radical (unpaired) electrons. The molecule has 0 amide bonds. The molecule has 0 saturated heterocycles. The lowest BCUT2D eigenvalue weighted by Crippen LogP contribution is -2.36. The molecule has 0 aliphatic heterocycles. The number of hydrogen-bond donors (Lipinski definition) is 2. The number of benzene rings is 1. The van der Waals surface area contributed by atoms with Crippen molar-refractivity contribution in [2.75, 3.05) is 13.7 Å². The molecule has 0 atom stereocenters. The van der Waals surface area contributed by atoms with E-state index in [2.05, 4.69) is 39.4 Å². The first-order valence-electron chi connectivity index (χ1n) is 10.4. The highest BCUT2D eigenvalue weighted by atomic mass is 32.1. The first-order valence-corrected chi connectivity index (χ1v) is 11.3. The maximum absolute atomic E-state index is 6.10. The number of aliphatic imine (C=N–C) groups is 1. The molecule has 0 aliphatic rings. The van der Waals surface area contributed by atoms with Crippen molar-refractivity contribution in [3.63, 3.8) is 0 Å². The van der Waals surface area contributed by atoms with Gasteiger partial charge in [0.15, 0.2) is 17.5 Å². The van der Waals surface area contributed by atoms with Crippen LogP contribution in [0.4, 0.5) is 0 Å². The number of nitrogens with one attached hydrogen (secondary N) is 2. The molecule has 0 unspecified atom stereocenters. The largest absolute Gasteiger partial charge is 0.490 e. The van der Waals surface area contributed by atoms with Crippen LogP contribution in [0.1, 0.15) is 35.7 Å². The molecule has 164 valence electrons. The van der Waals surface area contributed by atoms with Crippen molar-refractivity contribution >= 4 is 17.3 Å². The second-order valence-corrected chi connectivity index (χ2v) is 7.92. The van der Waals surface area contributed by atoms with E-state index >= 15 is 0 Å². The Morgan fingerprint density at radius 1 is 1.03 bits per heavy atom. The van der Waals surface area contributed by atoms with Gasteiger partial charge in [0.25, 0.3) is 0 Å². The van der Waals surface area contributed by atoms with E-state index in [-0.39, 0.29) is 0 Å². The van der Waals surface area contributed by atoms with Gasteiger partial charge in [-0.25, -0.2) is 9.97 Å². The molecule has 0 fully saturated rings. The fourth-order valence-corrected chi connectivity index (χ4v) is 3.57. The van der Waals surface area contributed by atoms with Gasteiger partial charge in [-0.2, -0.15) is 0 Å². The van der Waals surface area contributed by atoms with Crippen LogP contribution in [0.25, 0.3) is 0 Å². The molecule has 2 N–H and O–H groups in total. The normalized spacial score (nSPS) is 11.3. The molecule has 0 bridgehead atoms. The maximum Gasteiger partial charge on any atom is 0.224 e. The van der Waals surface area contributed by atoms with Crippen LogP contribution in [0, 0.1) is 0 Å². The van der Waals surface area contributed by atoms with Gasteiger partial charge in [-0.3, -0.25) is 4.99 Å². The van der Waals surface area contributed by atoms with Crippen molar-refractivity contribution in [3.8, 4) is 17.4 Å². The zero-order valence-electron chi connectivity index (χ0n) is 18.2. The average molecular weight is 440 g/mol. The second-order valence-electron chi connectivity index (χ2n) is 6.72. The van der Waals surface area contributed by atoms with Gasteiger partial charge in [0.2, 0.25) is 5.88 Å². The van der Waals surface area contributed by atoms with Crippen LogP contribution >= 0.6 is 11.3 Å². The lowest BCUT2D eigenvalue weighted by molar-refractivity contribution is 0.300. The summed E-state index contributed by atoms with van der Waals surface area (Å²) in [4.78, 5) is 14.4. The Bertz CT molecular complexity index is 989. The maximum atomic E-state index is 6.10. The lowest BCUT2D eigenvalue weighted by Gasteiger charge is -2.15. The van der Waals surface area contributed by atoms with Gasteiger partial charge in [0.1, 0.15) is 5.01 Å². The molecule has 8 heteroatoms. The van der Waals surface area contributed by atoms with Crippen molar-refractivity contribution < 1.29 is 9.47 Å². The SMILES string of the molecule is CCCOc1ccccc1Oc1ncccc1CNC(=NC)NCc1ncc(CC)s1. The third kappa shape index (κ3) is 6.68. The summed E-state index contributed by atoms with van der Waals surface area (Å²) >= 11 is 1.71. The Hall–Kier alpha value is -3.13. The van der Waals surface area contributed by atoms with E-state index < -0.39 is 0 Å². The van der Waals surface area contributed by atoms with Gasteiger partial charge in [-0.1, -0.05) is 32.0 Å². The van der Waals surface area contributed by atoms with Gasteiger partial charge in [-0.05, 0) is 31.0 Å². The molecule has 2 aromatic heterocycles. The zero-order valence-corrected chi connectivity index (χ0v) is 19.0. The summed E-state index contributed by atoms with van der Waals surface area (Å²) in [6.45, 7) is 5.98. The van der Waals surface area contributed by atoms with Crippen molar-refractivity contribution in [3.05, 3.63) is 64.2 Å². The molecule has 3 aromatic rings. The van der Waals surface area contributed by atoms with Crippen molar-refractivity contribution in [1.29, 1.82) is 0 Å². The van der Waals surface area contributed by atoms with Crippen molar-refractivity contribution in [2.45, 2.75) is 39.8 Å². The number of aryl methyl sites for hydroxylation is 1. The van der Waals surface area contributed by atoms with Gasteiger partial charge < -0.3 is 20.1 Å². The summed E-state index contributed by atoms with van der Waals surface area (Å²) in [5, 5.41) is 7.65. The third-order valence-electron chi connectivity index (χ3n) is 4.39. The fraction of sp³-hybridized carbons (Fsp3) is 0.348. The molecule has 0 saturated carbocycles. The van der Waals surface area contributed by atoms with Crippen molar-refractivity contribution in [1.82, 2.24) is 20.6 Å². The van der Waals surface area contributed by atoms with Gasteiger partial charge in [0, 0.05) is 36.4 Å². The highest BCUT2D eigenvalue weighted by molar-refractivity contribution is 7.11. The molecule has 7 nitrogen and oxygen atoms in total. The standard InChI is InChI=1S/C23H29N5O2S/c1-4-13-29-19-10-6-7-11-20(19)30-22-17(9-8-12-25-22)14-27-23(24-3)28-16-21-26-15-18(5-2)31-21/h6-12,15H,4-5,13-14,16H2,1-3H3,(H2,24,27,28). The fourth-order valence-electron chi connectivity index (χ4n) is 2.77. The number of guanidine groups is 1. The lowest BCUT2D eigenvalue weighted by atomic mass is 10.2. The monoisotopic (exact) mass is 439 g/mol. The number of ether oxygens (including phenoxy) is 2. The minimum atomic E-state index is 0.513. The highest BCUT2D eigenvalue weighted by Gasteiger charge is 2.11. The highest BCUT2D eigenvalue weighted by Crippen LogP contribution is 2.31. The number of para-hydroxylation sites is 2. The summed E-state index contributed by atoms with van der Waals surface area (Å²) in [5.41, 5.74) is 0.915. The second kappa shape index (κ2) is 11.9. The van der Waals surface area contributed by atoms with E-state index in [1.165, 1.54) is 4.88 Å². The summed E-state index contributed by atoms with van der Waals surface area (Å²) < 4.78 is 11.9. The molecule has 3 rings (SSSR count). The van der Waals surface area contributed by atoms with Gasteiger partial charge >= 0.3 is 0 Å². The number of hydrogen-bond acceptors (Lipinski definition) is 6. The zero-order chi connectivity index (χ0) is 21.9. The molecule has 31 heavy (non-hydrogen) atoms. The molecule has 0 spiro atoms. The summed E-state index contributed by atoms with van der Waals surface area (Å²) in [5.74, 6) is 2.58. The summed E-state index contributed by atoms with van der Waals surface area (Å²) in [6, 6.07) is 11.5. The smallest absolute Gasteiger partial charge is 0.224 e. The van der Waals surface area contributed by atoms with Crippen molar-refractivity contribution in [2.24, 2.45) is 4.99 Å². The first-order chi connectivity index (χ1) is 15.2. The van der Waals surface area contributed by atoms with Gasteiger partial charge in [0.05, 0.1) is 13.2 Å². The Labute approximate surface area is 187 Å². The number of aromatic nitrogens is 2. The Morgan fingerprint density at radius 2 is 1.84 bits per heavy atom. The predicted octanol–water partition coefficient (Wildman–Crippen LogP) is 4.55. The summed E-state index contributed by atoms with van der Waals surface area (Å²) in [6.07, 6.45) is 5.58. The number of nitrogens with zero attached hydrogens (tertiary/aromatic N) is 3. The van der Waals surface area contributed by atoms with E-state index in [1.54, 1.807) is 24.6 Å².